The molecule has 1 aliphatic heterocycles. The number of nitrogens with one attached hydrogen (secondary N) is 1. The monoisotopic (exact) mass is 813 g/mol. The molecule has 0 aliphatic carbocycles. The first-order chi connectivity index (χ1) is 28.0. The van der Waals surface area contributed by atoms with Crippen LogP contribution in [0.5, 0.6) is 11.5 Å². The maximum Gasteiger partial charge on any atom is 0.351 e. The highest BCUT2D eigenvalue weighted by Gasteiger charge is 2.50. The molecule has 3 aromatic carbocycles. The number of hydrogen-bond acceptors (Lipinski definition) is 11. The largest absolute Gasteiger partial charge is 0.497 e. The van der Waals surface area contributed by atoms with Crippen LogP contribution in [0.3, 0.4) is 0 Å². The molecule has 310 valence electrons. The summed E-state index contributed by atoms with van der Waals surface area (Å²) in [6.45, 7) is 12.0. The summed E-state index contributed by atoms with van der Waals surface area (Å²) in [5.74, 6) is 0.870. The fourth-order valence-electron chi connectivity index (χ4n) is 7.52. The molecule has 58 heavy (non-hydrogen) atoms. The van der Waals surface area contributed by atoms with E-state index >= 15 is 0 Å². The Morgan fingerprint density at radius 3 is 2.03 bits per heavy atom. The summed E-state index contributed by atoms with van der Waals surface area (Å²) in [5.41, 5.74) is 0.850. The summed E-state index contributed by atoms with van der Waals surface area (Å²) in [6, 6.07) is 29.5. The molecule has 1 aliphatic rings. The first kappa shape index (κ1) is 44.4. The van der Waals surface area contributed by atoms with Crippen molar-refractivity contribution in [3.8, 4) is 17.6 Å². The molecule has 1 unspecified atom stereocenters. The first-order valence-corrected chi connectivity index (χ1v) is 20.9. The summed E-state index contributed by atoms with van der Waals surface area (Å²) in [5, 5.41) is 12.0. The zero-order valence-electron chi connectivity index (χ0n) is 34.7. The lowest BCUT2D eigenvalue weighted by Crippen LogP contribution is -2.41. The van der Waals surface area contributed by atoms with Gasteiger partial charge in [-0.3, -0.25) is 9.36 Å². The number of benzene rings is 3. The molecule has 4 aromatic rings. The van der Waals surface area contributed by atoms with Crippen molar-refractivity contribution in [3.05, 3.63) is 118 Å². The molecule has 5 rings (SSSR count). The third-order valence-corrected chi connectivity index (χ3v) is 12.1. The van der Waals surface area contributed by atoms with Gasteiger partial charge in [-0.05, 0) is 81.1 Å². The van der Waals surface area contributed by atoms with E-state index in [-0.39, 0.29) is 49.4 Å². The molecule has 1 fully saturated rings. The van der Waals surface area contributed by atoms with Crippen LogP contribution in [-0.2, 0) is 28.9 Å². The normalized spacial score (nSPS) is 18.7. The summed E-state index contributed by atoms with van der Waals surface area (Å²) >= 11 is 0. The Morgan fingerprint density at radius 1 is 0.948 bits per heavy atom. The number of rotatable bonds is 20. The van der Waals surface area contributed by atoms with E-state index in [0.29, 0.717) is 17.9 Å². The predicted molar refractivity (Wildman–Crippen MR) is 223 cm³/mol. The van der Waals surface area contributed by atoms with Crippen LogP contribution in [-0.4, -0.2) is 71.9 Å². The quantitative estimate of drug-likeness (QED) is 0.0524. The number of carbonyl (C=O) groups excluding carboxylic acids is 1. The van der Waals surface area contributed by atoms with Crippen LogP contribution in [0.25, 0.3) is 0 Å². The lowest BCUT2D eigenvalue weighted by molar-refractivity contribution is -0.114. The number of anilines is 1. The van der Waals surface area contributed by atoms with E-state index in [2.05, 4.69) is 55.7 Å². The number of methoxy groups -OCH3 is 2. The van der Waals surface area contributed by atoms with Gasteiger partial charge in [-0.15, -0.1) is 0 Å². The molecule has 13 nitrogen and oxygen atoms in total. The van der Waals surface area contributed by atoms with Gasteiger partial charge in [-0.1, -0.05) is 67.9 Å². The van der Waals surface area contributed by atoms with Crippen molar-refractivity contribution in [1.29, 1.82) is 5.26 Å². The molecule has 14 heteroatoms. The number of carbonyl (C=O) groups is 1. The average Bonchev–Trinajstić information content (AvgIpc) is 3.54. The Balaban J connectivity index is 1.66. The Morgan fingerprint density at radius 2 is 1.53 bits per heavy atom. The first-order valence-electron chi connectivity index (χ1n) is 19.7. The Labute approximate surface area is 343 Å². The van der Waals surface area contributed by atoms with Crippen LogP contribution < -0.4 is 20.5 Å². The molecule has 0 bridgehead atoms. The van der Waals surface area contributed by atoms with Crippen molar-refractivity contribution in [1.82, 2.24) is 14.2 Å². The number of amides is 1. The molecule has 1 aromatic heterocycles. The maximum atomic E-state index is 13.7. The molecule has 5 atom stereocenters. The molecule has 0 spiro atoms. The van der Waals surface area contributed by atoms with Gasteiger partial charge >= 0.3 is 5.69 Å². The second-order valence-electron chi connectivity index (χ2n) is 14.6. The van der Waals surface area contributed by atoms with Gasteiger partial charge in [0.05, 0.1) is 39.9 Å². The summed E-state index contributed by atoms with van der Waals surface area (Å²) < 4.78 is 42.6. The molecular formula is C44H56N5O8P. The number of nitriles is 1. The van der Waals surface area contributed by atoms with Crippen molar-refractivity contribution in [2.75, 3.05) is 32.8 Å². The van der Waals surface area contributed by atoms with Crippen LogP contribution in [0, 0.1) is 17.2 Å². The minimum atomic E-state index is -1.71. The van der Waals surface area contributed by atoms with Crippen molar-refractivity contribution in [2.24, 2.45) is 5.92 Å². The van der Waals surface area contributed by atoms with E-state index in [1.807, 2.05) is 78.9 Å². The SMILES string of the molecule is CCC[C@@H]1[C@H](OP(OCCC#N)N(C(C)C)C(C)C)[C@@H](COC(c2ccccc2)(c2ccc(OC)cc2)c2ccc(OC)cc2)O[C@H]1n1ccc(NC(C)=O)nc1=O. The minimum absolute atomic E-state index is 0.0330. The van der Waals surface area contributed by atoms with Crippen LogP contribution >= 0.6 is 8.53 Å². The Hall–Kier alpha value is -4.67. The van der Waals surface area contributed by atoms with Gasteiger partial charge < -0.3 is 33.3 Å². The van der Waals surface area contributed by atoms with Gasteiger partial charge in [0.15, 0.2) is 0 Å². The van der Waals surface area contributed by atoms with E-state index in [1.165, 1.54) is 11.5 Å². The van der Waals surface area contributed by atoms with E-state index in [0.717, 1.165) is 23.1 Å². The molecule has 0 radical (unpaired) electrons. The smallest absolute Gasteiger partial charge is 0.351 e. The van der Waals surface area contributed by atoms with E-state index in [9.17, 15) is 14.9 Å². The lowest BCUT2D eigenvalue weighted by atomic mass is 9.80. The van der Waals surface area contributed by atoms with Gasteiger partial charge in [0.25, 0.3) is 8.53 Å². The van der Waals surface area contributed by atoms with Gasteiger partial charge in [-0.2, -0.15) is 10.2 Å². The highest BCUT2D eigenvalue weighted by Crippen LogP contribution is 2.53. The number of ether oxygens (including phenoxy) is 4. The second kappa shape index (κ2) is 20.8. The highest BCUT2D eigenvalue weighted by atomic mass is 31.2. The van der Waals surface area contributed by atoms with E-state index in [1.54, 1.807) is 26.5 Å². The van der Waals surface area contributed by atoms with Crippen LogP contribution in [0.1, 0.15) is 83.7 Å². The van der Waals surface area contributed by atoms with Crippen molar-refractivity contribution in [3.63, 3.8) is 0 Å². The highest BCUT2D eigenvalue weighted by molar-refractivity contribution is 7.44. The van der Waals surface area contributed by atoms with Crippen LogP contribution in [0.2, 0.25) is 0 Å². The molecule has 1 saturated heterocycles. The average molecular weight is 814 g/mol. The summed E-state index contributed by atoms with van der Waals surface area (Å²) in [7, 11) is 1.55. The molecule has 1 N–H and O–H groups in total. The second-order valence-corrected chi connectivity index (χ2v) is 16.0. The van der Waals surface area contributed by atoms with Crippen molar-refractivity contribution in [2.45, 2.75) is 96.9 Å². The standard InChI is InChI=1S/C44H56N5O8P/c1-9-14-38-41(57-58(55-28-13-26-45)49(30(2)3)31(4)5)39(56-42(38)48-27-25-40(46-32(6)50)47-43(48)51)29-54-44(33-15-11-10-12-16-33,34-17-21-36(52-7)22-18-34)35-19-23-37(53-8)24-20-35/h10-12,15-25,27,30-31,38-39,41-42H,9,13-14,28-29H2,1-8H3,(H,46,47,50,51)/t38-,39-,41+,42-,58?/m1/s1. The number of nitrogens with zero attached hydrogens (tertiary/aromatic N) is 4. The third kappa shape index (κ3) is 10.3. The van der Waals surface area contributed by atoms with Gasteiger partial charge in [0.1, 0.15) is 41.4 Å². The fraction of sp³-hybridized carbons (Fsp3) is 0.455. The number of aromatic nitrogens is 2. The minimum Gasteiger partial charge on any atom is -0.497 e. The van der Waals surface area contributed by atoms with Gasteiger partial charge in [0.2, 0.25) is 5.91 Å². The Kier molecular flexibility index (Phi) is 16.0. The fourth-order valence-corrected chi connectivity index (χ4v) is 9.33. The topological polar surface area (TPSA) is 146 Å². The third-order valence-electron chi connectivity index (χ3n) is 10.0. The molecular weight excluding hydrogens is 757 g/mol. The van der Waals surface area contributed by atoms with E-state index in [4.69, 9.17) is 28.0 Å². The van der Waals surface area contributed by atoms with E-state index < -0.39 is 38.3 Å². The molecule has 2 heterocycles. The zero-order valence-corrected chi connectivity index (χ0v) is 35.6. The number of hydrogen-bond donors (Lipinski definition) is 1. The van der Waals surface area contributed by atoms with Gasteiger partial charge in [0, 0.05) is 31.1 Å². The molecule has 0 saturated carbocycles. The Bertz CT molecular complexity index is 1950. The molecule has 1 amide bonds. The summed E-state index contributed by atoms with van der Waals surface area (Å²) in [6.07, 6.45) is 1.07. The predicted octanol–water partition coefficient (Wildman–Crippen LogP) is 8.20. The zero-order chi connectivity index (χ0) is 41.8. The summed E-state index contributed by atoms with van der Waals surface area (Å²) in [4.78, 5) is 29.7. The van der Waals surface area contributed by atoms with Crippen molar-refractivity contribution < 1.29 is 32.8 Å². The van der Waals surface area contributed by atoms with Crippen LogP contribution in [0.4, 0.5) is 5.82 Å². The van der Waals surface area contributed by atoms with Crippen molar-refractivity contribution >= 4 is 20.3 Å². The lowest BCUT2D eigenvalue weighted by Gasteiger charge is -2.39. The maximum absolute atomic E-state index is 13.7. The van der Waals surface area contributed by atoms with Gasteiger partial charge in [-0.25, -0.2) is 9.46 Å². The van der Waals surface area contributed by atoms with Crippen LogP contribution in [0.15, 0.2) is 95.9 Å².